The van der Waals surface area contributed by atoms with Crippen molar-refractivity contribution in [1.29, 1.82) is 0 Å². The molecule has 0 spiro atoms. The predicted molar refractivity (Wildman–Crippen MR) is 71.6 cm³/mol. The van der Waals surface area contributed by atoms with E-state index < -0.39 is 0 Å². The van der Waals surface area contributed by atoms with Crippen LogP contribution in [-0.4, -0.2) is 5.78 Å². The summed E-state index contributed by atoms with van der Waals surface area (Å²) in [6.45, 7) is 3.20. The van der Waals surface area contributed by atoms with E-state index in [1.54, 1.807) is 31.2 Å². The van der Waals surface area contributed by atoms with Gasteiger partial charge in [0.25, 0.3) is 0 Å². The quantitative estimate of drug-likeness (QED) is 0.720. The topological polar surface area (TPSA) is 17.1 Å². The summed E-state index contributed by atoms with van der Waals surface area (Å²) in [7, 11) is 0. The van der Waals surface area contributed by atoms with Crippen LogP contribution in [0.3, 0.4) is 0 Å². The number of rotatable bonds is 2. The predicted octanol–water partition coefficient (Wildman–Crippen LogP) is 4.66. The number of ketones is 1. The number of carbonyl (C=O) groups is 1. The van der Waals surface area contributed by atoms with Gasteiger partial charge in [0.2, 0.25) is 0 Å². The molecule has 0 bridgehead atoms. The first kappa shape index (κ1) is 12.8. The van der Waals surface area contributed by atoms with Crippen LogP contribution in [0.15, 0.2) is 36.4 Å². The van der Waals surface area contributed by atoms with E-state index in [-0.39, 0.29) is 11.6 Å². The van der Waals surface area contributed by atoms with Crippen LogP contribution in [0, 0.1) is 12.7 Å². The molecule has 0 heterocycles. The van der Waals surface area contributed by atoms with Gasteiger partial charge in [0, 0.05) is 11.1 Å². The van der Waals surface area contributed by atoms with Crippen LogP contribution in [0.2, 0.25) is 5.02 Å². The number of benzene rings is 2. The third kappa shape index (κ3) is 2.44. The first-order chi connectivity index (χ1) is 8.49. The van der Waals surface area contributed by atoms with Crippen molar-refractivity contribution >= 4 is 17.4 Å². The van der Waals surface area contributed by atoms with Crippen LogP contribution in [-0.2, 0) is 0 Å². The van der Waals surface area contributed by atoms with E-state index in [9.17, 15) is 9.18 Å². The average molecular weight is 263 g/mol. The molecule has 0 aromatic heterocycles. The molecule has 2 rings (SSSR count). The molecule has 0 saturated heterocycles. The Morgan fingerprint density at radius 1 is 1.22 bits per heavy atom. The summed E-state index contributed by atoms with van der Waals surface area (Å²) >= 11 is 6.04. The Balaban J connectivity index is 2.58. The van der Waals surface area contributed by atoms with Crippen molar-refractivity contribution in [2.24, 2.45) is 0 Å². The average Bonchev–Trinajstić information content (AvgIpc) is 2.34. The summed E-state index contributed by atoms with van der Waals surface area (Å²) in [5.41, 5.74) is 2.70. The van der Waals surface area contributed by atoms with Crippen molar-refractivity contribution in [1.82, 2.24) is 0 Å². The first-order valence-corrected chi connectivity index (χ1v) is 5.94. The van der Waals surface area contributed by atoms with E-state index in [1.165, 1.54) is 13.0 Å². The van der Waals surface area contributed by atoms with Crippen LogP contribution in [0.25, 0.3) is 11.1 Å². The van der Waals surface area contributed by atoms with Gasteiger partial charge in [0.05, 0.1) is 5.02 Å². The van der Waals surface area contributed by atoms with Crippen molar-refractivity contribution in [2.75, 3.05) is 0 Å². The van der Waals surface area contributed by atoms with Crippen molar-refractivity contribution in [2.45, 2.75) is 13.8 Å². The Morgan fingerprint density at radius 3 is 2.61 bits per heavy atom. The zero-order valence-electron chi connectivity index (χ0n) is 10.1. The molecule has 0 fully saturated rings. The van der Waals surface area contributed by atoms with Gasteiger partial charge in [-0.15, -0.1) is 0 Å². The third-order valence-electron chi connectivity index (χ3n) is 2.83. The van der Waals surface area contributed by atoms with Gasteiger partial charge in [0.1, 0.15) is 5.82 Å². The molecule has 92 valence electrons. The molecule has 0 aliphatic heterocycles. The molecule has 0 radical (unpaired) electrons. The number of hydrogen-bond acceptors (Lipinski definition) is 1. The van der Waals surface area contributed by atoms with E-state index in [0.717, 1.165) is 11.1 Å². The standard InChI is InChI=1S/C15H12ClFO/c1-9-6-13(14(16)8-15(9)17)12-5-3-4-11(7-12)10(2)18/h3-8H,1-2H3. The fourth-order valence-corrected chi connectivity index (χ4v) is 2.04. The van der Waals surface area contributed by atoms with E-state index in [4.69, 9.17) is 11.6 Å². The molecule has 0 unspecified atom stereocenters. The molecule has 0 N–H and O–H groups in total. The molecule has 0 atom stereocenters. The van der Waals surface area contributed by atoms with Crippen LogP contribution in [0.5, 0.6) is 0 Å². The molecule has 0 amide bonds. The molecule has 1 nitrogen and oxygen atoms in total. The van der Waals surface area contributed by atoms with Gasteiger partial charge >= 0.3 is 0 Å². The largest absolute Gasteiger partial charge is 0.295 e. The number of carbonyl (C=O) groups excluding carboxylic acids is 1. The Labute approximate surface area is 110 Å². The highest BCUT2D eigenvalue weighted by atomic mass is 35.5. The van der Waals surface area contributed by atoms with Crippen LogP contribution in [0.1, 0.15) is 22.8 Å². The van der Waals surface area contributed by atoms with Gasteiger partial charge in [-0.3, -0.25) is 4.79 Å². The fraction of sp³-hybridized carbons (Fsp3) is 0.133. The van der Waals surface area contributed by atoms with E-state index in [0.29, 0.717) is 16.1 Å². The smallest absolute Gasteiger partial charge is 0.159 e. The number of Topliss-reactive ketones (excluding diaryl/α,β-unsaturated/α-hetero) is 1. The summed E-state index contributed by atoms with van der Waals surface area (Å²) in [6.07, 6.45) is 0. The monoisotopic (exact) mass is 262 g/mol. The number of halogens is 2. The fourth-order valence-electron chi connectivity index (χ4n) is 1.78. The summed E-state index contributed by atoms with van der Waals surface area (Å²) < 4.78 is 13.3. The van der Waals surface area contributed by atoms with Gasteiger partial charge in [-0.25, -0.2) is 4.39 Å². The Hall–Kier alpha value is -1.67. The lowest BCUT2D eigenvalue weighted by molar-refractivity contribution is 0.101. The lowest BCUT2D eigenvalue weighted by Gasteiger charge is -2.08. The van der Waals surface area contributed by atoms with Gasteiger partial charge in [-0.1, -0.05) is 29.8 Å². The minimum atomic E-state index is -0.327. The summed E-state index contributed by atoms with van der Waals surface area (Å²) in [5.74, 6) is -0.335. The summed E-state index contributed by atoms with van der Waals surface area (Å²) in [6, 6.07) is 10.1. The highest BCUT2D eigenvalue weighted by Gasteiger charge is 2.09. The Morgan fingerprint density at radius 2 is 1.94 bits per heavy atom. The highest BCUT2D eigenvalue weighted by molar-refractivity contribution is 6.33. The zero-order valence-corrected chi connectivity index (χ0v) is 10.9. The zero-order chi connectivity index (χ0) is 13.3. The molecule has 0 saturated carbocycles. The minimum absolute atomic E-state index is 0.00759. The van der Waals surface area contributed by atoms with E-state index >= 15 is 0 Å². The van der Waals surface area contributed by atoms with E-state index in [1.807, 2.05) is 6.07 Å². The molecule has 18 heavy (non-hydrogen) atoms. The minimum Gasteiger partial charge on any atom is -0.295 e. The second-order valence-electron chi connectivity index (χ2n) is 4.22. The van der Waals surface area contributed by atoms with Crippen molar-refractivity contribution in [3.05, 3.63) is 58.4 Å². The molecule has 2 aromatic carbocycles. The lowest BCUT2D eigenvalue weighted by Crippen LogP contribution is -1.93. The van der Waals surface area contributed by atoms with Crippen molar-refractivity contribution in [3.8, 4) is 11.1 Å². The number of hydrogen-bond donors (Lipinski definition) is 0. The van der Waals surface area contributed by atoms with E-state index in [2.05, 4.69) is 0 Å². The maximum atomic E-state index is 13.3. The molecular formula is C15H12ClFO. The molecule has 3 heteroatoms. The molecule has 0 aliphatic carbocycles. The Kier molecular flexibility index (Phi) is 3.48. The van der Waals surface area contributed by atoms with Crippen molar-refractivity contribution in [3.63, 3.8) is 0 Å². The van der Waals surface area contributed by atoms with Crippen LogP contribution in [0.4, 0.5) is 4.39 Å². The SMILES string of the molecule is CC(=O)c1cccc(-c2cc(C)c(F)cc2Cl)c1. The van der Waals surface area contributed by atoms with Crippen LogP contribution < -0.4 is 0 Å². The van der Waals surface area contributed by atoms with Crippen LogP contribution >= 0.6 is 11.6 Å². The molecule has 0 aliphatic rings. The summed E-state index contributed by atoms with van der Waals surface area (Å²) in [5, 5.41) is 0.346. The second kappa shape index (κ2) is 4.91. The van der Waals surface area contributed by atoms with Gasteiger partial charge < -0.3 is 0 Å². The summed E-state index contributed by atoms with van der Waals surface area (Å²) in [4.78, 5) is 11.3. The third-order valence-corrected chi connectivity index (χ3v) is 3.14. The molecule has 2 aromatic rings. The van der Waals surface area contributed by atoms with Gasteiger partial charge in [-0.05, 0) is 43.2 Å². The first-order valence-electron chi connectivity index (χ1n) is 5.56. The second-order valence-corrected chi connectivity index (χ2v) is 4.63. The molecular weight excluding hydrogens is 251 g/mol. The maximum absolute atomic E-state index is 13.3. The lowest BCUT2D eigenvalue weighted by atomic mass is 10.00. The number of aryl methyl sites for hydroxylation is 1. The van der Waals surface area contributed by atoms with Crippen molar-refractivity contribution < 1.29 is 9.18 Å². The normalized spacial score (nSPS) is 10.4. The van der Waals surface area contributed by atoms with Gasteiger partial charge in [-0.2, -0.15) is 0 Å². The Bertz CT molecular complexity index is 620. The maximum Gasteiger partial charge on any atom is 0.159 e. The highest BCUT2D eigenvalue weighted by Crippen LogP contribution is 2.30. The van der Waals surface area contributed by atoms with Gasteiger partial charge in [0.15, 0.2) is 5.78 Å².